The number of aryl methyl sites for hydroxylation is 1. The molecule has 0 aliphatic heterocycles. The molecule has 0 unspecified atom stereocenters. The average molecular weight is 272 g/mol. The van der Waals surface area contributed by atoms with Gasteiger partial charge in [-0.25, -0.2) is 8.42 Å². The number of nitrogens with zero attached hydrogens (tertiary/aromatic N) is 2. The third-order valence-corrected chi connectivity index (χ3v) is 4.71. The molecule has 1 N–H and O–H groups in total. The van der Waals surface area contributed by atoms with Gasteiger partial charge in [0.2, 0.25) is 10.0 Å². The van der Waals surface area contributed by atoms with E-state index < -0.39 is 22.5 Å². The number of carboxylic acids is 1. The topological polar surface area (TPSA) is 79.6 Å². The van der Waals surface area contributed by atoms with E-state index in [1.807, 2.05) is 0 Å². The van der Waals surface area contributed by atoms with Gasteiger partial charge in [0.05, 0.1) is 4.90 Å². The molecule has 1 aliphatic rings. The summed E-state index contributed by atoms with van der Waals surface area (Å²) >= 11 is 0. The van der Waals surface area contributed by atoms with E-state index in [0.29, 0.717) is 12.5 Å². The Hall–Kier alpha value is -1.34. The van der Waals surface area contributed by atoms with Gasteiger partial charge in [-0.1, -0.05) is 0 Å². The maximum absolute atomic E-state index is 12.3. The Balaban J connectivity index is 2.24. The molecule has 0 amide bonds. The van der Waals surface area contributed by atoms with Crippen molar-refractivity contribution >= 4 is 16.0 Å². The van der Waals surface area contributed by atoms with Gasteiger partial charge in [0.15, 0.2) is 0 Å². The second kappa shape index (κ2) is 4.74. The van der Waals surface area contributed by atoms with Gasteiger partial charge in [0.1, 0.15) is 6.54 Å². The fourth-order valence-electron chi connectivity index (χ4n) is 1.77. The molecule has 1 saturated carbocycles. The monoisotopic (exact) mass is 272 g/mol. The maximum Gasteiger partial charge on any atom is 0.318 e. The highest BCUT2D eigenvalue weighted by Gasteiger charge is 2.33. The number of hydrogen-bond donors (Lipinski definition) is 1. The van der Waals surface area contributed by atoms with Crippen LogP contribution in [-0.2, 0) is 21.9 Å². The smallest absolute Gasteiger partial charge is 0.318 e. The van der Waals surface area contributed by atoms with E-state index in [1.54, 1.807) is 17.8 Å². The fourth-order valence-corrected chi connectivity index (χ4v) is 3.28. The van der Waals surface area contributed by atoms with Crippen LogP contribution in [0.4, 0.5) is 0 Å². The van der Waals surface area contributed by atoms with Crippen LogP contribution in [0.25, 0.3) is 0 Å². The molecule has 0 bridgehead atoms. The van der Waals surface area contributed by atoms with Gasteiger partial charge in [-0.15, -0.1) is 0 Å². The molecule has 1 fully saturated rings. The zero-order valence-corrected chi connectivity index (χ0v) is 10.9. The van der Waals surface area contributed by atoms with Crippen LogP contribution in [0.3, 0.4) is 0 Å². The number of carboxylic acid groups (broad SMARTS) is 1. The first-order valence-corrected chi connectivity index (χ1v) is 7.17. The van der Waals surface area contributed by atoms with Crippen LogP contribution in [-0.4, -0.2) is 41.5 Å². The SMILES string of the molecule is Cn1ccc(S(=O)(=O)N(CC(=O)O)CC2CC2)c1. The summed E-state index contributed by atoms with van der Waals surface area (Å²) < 4.78 is 27.3. The van der Waals surface area contributed by atoms with Crippen molar-refractivity contribution in [3.63, 3.8) is 0 Å². The summed E-state index contributed by atoms with van der Waals surface area (Å²) in [6.45, 7) is -0.183. The van der Waals surface area contributed by atoms with Gasteiger partial charge in [0, 0.05) is 26.0 Å². The molecule has 100 valence electrons. The first-order valence-electron chi connectivity index (χ1n) is 5.73. The number of aliphatic carboxylic acids is 1. The second-order valence-corrected chi connectivity index (χ2v) is 6.59. The third kappa shape index (κ3) is 2.91. The summed E-state index contributed by atoms with van der Waals surface area (Å²) in [6, 6.07) is 1.48. The molecular formula is C11H16N2O4S. The van der Waals surface area contributed by atoms with Gasteiger partial charge < -0.3 is 9.67 Å². The zero-order chi connectivity index (χ0) is 13.3. The van der Waals surface area contributed by atoms with Crippen molar-refractivity contribution in [3.05, 3.63) is 18.5 Å². The molecule has 1 aromatic rings. The van der Waals surface area contributed by atoms with Gasteiger partial charge in [-0.3, -0.25) is 4.79 Å². The van der Waals surface area contributed by atoms with Gasteiger partial charge >= 0.3 is 5.97 Å². The van der Waals surface area contributed by atoms with Crippen molar-refractivity contribution < 1.29 is 18.3 Å². The lowest BCUT2D eigenvalue weighted by molar-refractivity contribution is -0.137. The lowest BCUT2D eigenvalue weighted by atomic mass is 10.4. The summed E-state index contributed by atoms with van der Waals surface area (Å²) in [7, 11) is -1.98. The number of rotatable bonds is 6. The normalized spacial score (nSPS) is 16.1. The van der Waals surface area contributed by atoms with E-state index in [1.165, 1.54) is 12.3 Å². The van der Waals surface area contributed by atoms with Crippen LogP contribution >= 0.6 is 0 Å². The van der Waals surface area contributed by atoms with Crippen molar-refractivity contribution in [1.82, 2.24) is 8.87 Å². The van der Waals surface area contributed by atoms with E-state index in [0.717, 1.165) is 17.1 Å². The molecule has 0 atom stereocenters. The van der Waals surface area contributed by atoms with Crippen molar-refractivity contribution in [1.29, 1.82) is 0 Å². The van der Waals surface area contributed by atoms with Crippen LogP contribution in [0.1, 0.15) is 12.8 Å². The van der Waals surface area contributed by atoms with Crippen LogP contribution in [0.5, 0.6) is 0 Å². The van der Waals surface area contributed by atoms with E-state index in [4.69, 9.17) is 5.11 Å². The minimum Gasteiger partial charge on any atom is -0.480 e. The quantitative estimate of drug-likeness (QED) is 0.818. The standard InChI is InChI=1S/C11H16N2O4S/c1-12-5-4-10(7-12)18(16,17)13(8-11(14)15)6-9-2-3-9/h4-5,7,9H,2-3,6,8H2,1H3,(H,14,15). The number of hydrogen-bond acceptors (Lipinski definition) is 3. The Kier molecular flexibility index (Phi) is 3.45. The molecule has 0 spiro atoms. The second-order valence-electron chi connectivity index (χ2n) is 4.65. The molecule has 0 aromatic carbocycles. The summed E-state index contributed by atoms with van der Waals surface area (Å²) in [5, 5.41) is 8.82. The molecule has 1 aliphatic carbocycles. The maximum atomic E-state index is 12.3. The van der Waals surface area contributed by atoms with Crippen molar-refractivity contribution in [2.45, 2.75) is 17.7 Å². The Labute approximate surface area is 106 Å². The van der Waals surface area contributed by atoms with Crippen molar-refractivity contribution in [3.8, 4) is 0 Å². The van der Waals surface area contributed by atoms with Gasteiger partial charge in [0.25, 0.3) is 0 Å². The van der Waals surface area contributed by atoms with Crippen LogP contribution in [0, 0.1) is 5.92 Å². The lowest BCUT2D eigenvalue weighted by Crippen LogP contribution is -2.37. The van der Waals surface area contributed by atoms with Gasteiger partial charge in [-0.05, 0) is 24.8 Å². The lowest BCUT2D eigenvalue weighted by Gasteiger charge is -2.19. The van der Waals surface area contributed by atoms with Crippen molar-refractivity contribution in [2.75, 3.05) is 13.1 Å². The molecule has 6 nitrogen and oxygen atoms in total. The summed E-state index contributed by atoms with van der Waals surface area (Å²) in [5.41, 5.74) is 0. The molecule has 0 saturated heterocycles. The number of carbonyl (C=O) groups is 1. The Morgan fingerprint density at radius 2 is 2.22 bits per heavy atom. The summed E-state index contributed by atoms with van der Waals surface area (Å²) in [6.07, 6.45) is 5.06. The van der Waals surface area contributed by atoms with Gasteiger partial charge in [-0.2, -0.15) is 4.31 Å². The minimum atomic E-state index is -3.70. The molecule has 0 radical (unpaired) electrons. The van der Waals surface area contributed by atoms with Crippen molar-refractivity contribution in [2.24, 2.45) is 13.0 Å². The Bertz CT molecular complexity index is 545. The summed E-state index contributed by atoms with van der Waals surface area (Å²) in [4.78, 5) is 10.9. The summed E-state index contributed by atoms with van der Waals surface area (Å²) in [5.74, 6) is -0.821. The Morgan fingerprint density at radius 1 is 1.56 bits per heavy atom. The highest BCUT2D eigenvalue weighted by molar-refractivity contribution is 7.89. The first-order chi connectivity index (χ1) is 8.39. The van der Waals surface area contributed by atoms with Crippen LogP contribution in [0.2, 0.25) is 0 Å². The molecule has 2 rings (SSSR count). The molecule has 1 heterocycles. The molecule has 18 heavy (non-hydrogen) atoms. The minimum absolute atomic E-state index is 0.145. The number of aromatic nitrogens is 1. The van der Waals surface area contributed by atoms with E-state index in [-0.39, 0.29) is 4.90 Å². The van der Waals surface area contributed by atoms with Crippen LogP contribution in [0.15, 0.2) is 23.4 Å². The highest BCUT2D eigenvalue weighted by Crippen LogP contribution is 2.31. The zero-order valence-electron chi connectivity index (χ0n) is 10.1. The van der Waals surface area contributed by atoms with E-state index >= 15 is 0 Å². The fraction of sp³-hybridized carbons (Fsp3) is 0.545. The molecule has 7 heteroatoms. The number of sulfonamides is 1. The first kappa shape index (κ1) is 13.1. The highest BCUT2D eigenvalue weighted by atomic mass is 32.2. The predicted molar refractivity (Wildman–Crippen MR) is 64.5 cm³/mol. The Morgan fingerprint density at radius 3 is 2.67 bits per heavy atom. The largest absolute Gasteiger partial charge is 0.480 e. The average Bonchev–Trinajstić information content (AvgIpc) is 2.96. The van der Waals surface area contributed by atoms with E-state index in [9.17, 15) is 13.2 Å². The molecular weight excluding hydrogens is 256 g/mol. The third-order valence-electron chi connectivity index (χ3n) is 2.91. The molecule has 1 aromatic heterocycles. The van der Waals surface area contributed by atoms with E-state index in [2.05, 4.69) is 0 Å². The van der Waals surface area contributed by atoms with Crippen LogP contribution < -0.4 is 0 Å². The predicted octanol–water partition coefficient (Wildman–Crippen LogP) is 0.510.